The Kier molecular flexibility index (Phi) is 4.43. The Labute approximate surface area is 140 Å². The summed E-state index contributed by atoms with van der Waals surface area (Å²) in [5, 5.41) is 6.35. The Hall–Kier alpha value is -2.21. The zero-order valence-corrected chi connectivity index (χ0v) is 14.4. The number of nitrogens with zero attached hydrogens (tertiary/aromatic N) is 1. The van der Waals surface area contributed by atoms with Gasteiger partial charge in [0.15, 0.2) is 0 Å². The van der Waals surface area contributed by atoms with Gasteiger partial charge in [0.2, 0.25) is 0 Å². The molecule has 0 aliphatic carbocycles. The summed E-state index contributed by atoms with van der Waals surface area (Å²) < 4.78 is 5.48. The van der Waals surface area contributed by atoms with E-state index < -0.39 is 0 Å². The fourth-order valence-corrected chi connectivity index (χ4v) is 3.65. The van der Waals surface area contributed by atoms with Crippen molar-refractivity contribution in [3.05, 3.63) is 39.6 Å². The summed E-state index contributed by atoms with van der Waals surface area (Å²) in [7, 11) is 3.68. The van der Waals surface area contributed by atoms with Crippen LogP contribution in [0.15, 0.2) is 24.3 Å². The first-order valence-electron chi connectivity index (χ1n) is 7.65. The second-order valence-electron chi connectivity index (χ2n) is 5.48. The number of amides is 1. The molecule has 0 fully saturated rings. The number of ether oxygens (including phenoxy) is 1. The molecule has 2 aromatic rings. The fraction of sp³-hybridized carbons (Fsp3) is 0.353. The quantitative estimate of drug-likeness (QED) is 0.884. The molecule has 0 atom stereocenters. The summed E-state index contributed by atoms with van der Waals surface area (Å²) >= 11 is 1.55. The third-order valence-corrected chi connectivity index (χ3v) is 5.24. The van der Waals surface area contributed by atoms with Crippen molar-refractivity contribution in [2.24, 2.45) is 0 Å². The minimum Gasteiger partial charge on any atom is -0.496 e. The first-order chi connectivity index (χ1) is 11.1. The van der Waals surface area contributed by atoms with Crippen LogP contribution in [0.2, 0.25) is 0 Å². The molecule has 2 N–H and O–H groups in total. The Balaban J connectivity index is 1.80. The predicted molar refractivity (Wildman–Crippen MR) is 94.8 cm³/mol. The van der Waals surface area contributed by atoms with E-state index in [1.54, 1.807) is 18.4 Å². The number of hydrogen-bond acceptors (Lipinski definition) is 5. The highest BCUT2D eigenvalue weighted by Crippen LogP contribution is 2.39. The molecule has 3 rings (SSSR count). The topological polar surface area (TPSA) is 53.6 Å². The van der Waals surface area contributed by atoms with Crippen molar-refractivity contribution in [2.45, 2.75) is 19.9 Å². The van der Waals surface area contributed by atoms with Gasteiger partial charge in [-0.1, -0.05) is 6.92 Å². The number of fused-ring (bicyclic) bond motifs is 1. The molecule has 23 heavy (non-hydrogen) atoms. The van der Waals surface area contributed by atoms with E-state index in [2.05, 4.69) is 22.5 Å². The second kappa shape index (κ2) is 6.50. The van der Waals surface area contributed by atoms with E-state index in [0.29, 0.717) is 6.54 Å². The number of thiophene rings is 1. The highest BCUT2D eigenvalue weighted by atomic mass is 32.1. The maximum Gasteiger partial charge on any atom is 0.261 e. The summed E-state index contributed by atoms with van der Waals surface area (Å²) in [6.45, 7) is 3.29. The summed E-state index contributed by atoms with van der Waals surface area (Å²) in [4.78, 5) is 16.5. The summed E-state index contributed by atoms with van der Waals surface area (Å²) in [6, 6.07) is 7.85. The molecule has 1 aromatic carbocycles. The SMILES string of the molecule is CCc1ccc(C(=O)NCc2c(OC)ccc3c2N(C)CN3)s1. The molecule has 0 spiro atoms. The number of aryl methyl sites for hydroxylation is 1. The average Bonchev–Trinajstić information content (AvgIpc) is 3.19. The van der Waals surface area contributed by atoms with E-state index in [9.17, 15) is 4.79 Å². The molecule has 1 aromatic heterocycles. The van der Waals surface area contributed by atoms with Gasteiger partial charge in [-0.05, 0) is 30.7 Å². The van der Waals surface area contributed by atoms with Gasteiger partial charge in [0.25, 0.3) is 5.91 Å². The highest BCUT2D eigenvalue weighted by Gasteiger charge is 2.22. The summed E-state index contributed by atoms with van der Waals surface area (Å²) in [6.07, 6.45) is 0.953. The van der Waals surface area contributed by atoms with Crippen molar-refractivity contribution in [3.8, 4) is 5.75 Å². The van der Waals surface area contributed by atoms with E-state index in [-0.39, 0.29) is 5.91 Å². The third-order valence-electron chi connectivity index (χ3n) is 4.01. The monoisotopic (exact) mass is 331 g/mol. The lowest BCUT2D eigenvalue weighted by molar-refractivity contribution is 0.0955. The molecular formula is C17H21N3O2S. The minimum absolute atomic E-state index is 0.0389. The molecule has 0 saturated carbocycles. The lowest BCUT2D eigenvalue weighted by atomic mass is 10.1. The standard InChI is InChI=1S/C17H21N3O2S/c1-4-11-5-8-15(23-11)17(21)18-9-12-14(22-3)7-6-13-16(12)20(2)10-19-13/h5-8,19H,4,9-10H2,1-3H3,(H,18,21). The average molecular weight is 331 g/mol. The maximum atomic E-state index is 12.4. The van der Waals surface area contributed by atoms with Crippen molar-refractivity contribution in [3.63, 3.8) is 0 Å². The summed E-state index contributed by atoms with van der Waals surface area (Å²) in [5.41, 5.74) is 3.16. The van der Waals surface area contributed by atoms with Gasteiger partial charge in [0.1, 0.15) is 5.75 Å². The zero-order valence-electron chi connectivity index (χ0n) is 13.6. The largest absolute Gasteiger partial charge is 0.496 e. The molecule has 2 heterocycles. The Bertz CT molecular complexity index is 727. The number of rotatable bonds is 5. The molecule has 0 unspecified atom stereocenters. The number of carbonyl (C=O) groups is 1. The van der Waals surface area contributed by atoms with Crippen molar-refractivity contribution in [1.82, 2.24) is 5.32 Å². The first kappa shape index (κ1) is 15.7. The van der Waals surface area contributed by atoms with Crippen LogP contribution in [0.25, 0.3) is 0 Å². The lowest BCUT2D eigenvalue weighted by Crippen LogP contribution is -2.24. The number of hydrogen-bond donors (Lipinski definition) is 2. The van der Waals surface area contributed by atoms with Crippen molar-refractivity contribution >= 4 is 28.6 Å². The van der Waals surface area contributed by atoms with Gasteiger partial charge in [-0.15, -0.1) is 11.3 Å². The van der Waals surface area contributed by atoms with Crippen LogP contribution in [0.5, 0.6) is 5.75 Å². The smallest absolute Gasteiger partial charge is 0.261 e. The van der Waals surface area contributed by atoms with Crippen molar-refractivity contribution in [1.29, 1.82) is 0 Å². The number of methoxy groups -OCH3 is 1. The van der Waals surface area contributed by atoms with Crippen LogP contribution in [0.3, 0.4) is 0 Å². The Morgan fingerprint density at radius 3 is 2.91 bits per heavy atom. The molecular weight excluding hydrogens is 310 g/mol. The predicted octanol–water partition coefficient (Wildman–Crippen LogP) is 3.07. The maximum absolute atomic E-state index is 12.4. The van der Waals surface area contributed by atoms with E-state index in [0.717, 1.165) is 40.7 Å². The first-order valence-corrected chi connectivity index (χ1v) is 8.47. The molecule has 1 aliphatic heterocycles. The summed E-state index contributed by atoms with van der Waals surface area (Å²) in [5.74, 6) is 0.753. The van der Waals surface area contributed by atoms with Gasteiger partial charge in [-0.25, -0.2) is 0 Å². The molecule has 1 aliphatic rings. The van der Waals surface area contributed by atoms with Gasteiger partial charge in [0.05, 0.1) is 30.0 Å². The number of anilines is 2. The van der Waals surface area contributed by atoms with E-state index in [1.165, 1.54) is 4.88 Å². The molecule has 5 nitrogen and oxygen atoms in total. The van der Waals surface area contributed by atoms with E-state index >= 15 is 0 Å². The van der Waals surface area contributed by atoms with Gasteiger partial charge in [-0.3, -0.25) is 4.79 Å². The zero-order chi connectivity index (χ0) is 16.4. The van der Waals surface area contributed by atoms with Crippen LogP contribution in [0, 0.1) is 0 Å². The van der Waals surface area contributed by atoms with Crippen LogP contribution in [-0.4, -0.2) is 26.7 Å². The van der Waals surface area contributed by atoms with Gasteiger partial charge in [0, 0.05) is 24.0 Å². The van der Waals surface area contributed by atoms with Crippen molar-refractivity contribution < 1.29 is 9.53 Å². The van der Waals surface area contributed by atoms with E-state index in [1.807, 2.05) is 31.3 Å². The Morgan fingerprint density at radius 1 is 1.39 bits per heavy atom. The van der Waals surface area contributed by atoms with Crippen LogP contribution in [0.4, 0.5) is 11.4 Å². The fourth-order valence-electron chi connectivity index (χ4n) is 2.79. The third kappa shape index (κ3) is 2.99. The molecule has 0 saturated heterocycles. The van der Waals surface area contributed by atoms with Crippen LogP contribution >= 0.6 is 11.3 Å². The lowest BCUT2D eigenvalue weighted by Gasteiger charge is -2.18. The Morgan fingerprint density at radius 2 is 2.22 bits per heavy atom. The van der Waals surface area contributed by atoms with E-state index in [4.69, 9.17) is 4.74 Å². The molecule has 6 heteroatoms. The van der Waals surface area contributed by atoms with Crippen LogP contribution in [0.1, 0.15) is 27.0 Å². The van der Waals surface area contributed by atoms with Crippen LogP contribution < -0.4 is 20.3 Å². The van der Waals surface area contributed by atoms with Crippen LogP contribution in [-0.2, 0) is 13.0 Å². The second-order valence-corrected chi connectivity index (χ2v) is 6.65. The van der Waals surface area contributed by atoms with Gasteiger partial charge >= 0.3 is 0 Å². The molecule has 122 valence electrons. The molecule has 1 amide bonds. The minimum atomic E-state index is -0.0389. The number of benzene rings is 1. The van der Waals surface area contributed by atoms with Crippen molar-refractivity contribution in [2.75, 3.05) is 31.0 Å². The highest BCUT2D eigenvalue weighted by molar-refractivity contribution is 7.14. The number of nitrogens with one attached hydrogen (secondary N) is 2. The number of carbonyl (C=O) groups excluding carboxylic acids is 1. The van der Waals surface area contributed by atoms with Gasteiger partial charge < -0.3 is 20.3 Å². The van der Waals surface area contributed by atoms with Gasteiger partial charge in [-0.2, -0.15) is 0 Å². The molecule has 0 bridgehead atoms. The molecule has 0 radical (unpaired) electrons. The normalized spacial score (nSPS) is 12.7.